The number of aliphatic carboxylic acids is 1. The molecule has 1 heterocycles. The highest BCUT2D eigenvalue weighted by atomic mass is 16.6. The van der Waals surface area contributed by atoms with Crippen molar-refractivity contribution in [2.24, 2.45) is 5.92 Å². The smallest absolute Gasteiger partial charge is 0.410 e. The highest BCUT2D eigenvalue weighted by molar-refractivity contribution is 5.99. The zero-order chi connectivity index (χ0) is 26.4. The Morgan fingerprint density at radius 1 is 1.00 bits per heavy atom. The summed E-state index contributed by atoms with van der Waals surface area (Å²) in [5.41, 5.74) is 3.43. The van der Waals surface area contributed by atoms with Crippen LogP contribution in [0.4, 0.5) is 21.0 Å². The second-order valence-electron chi connectivity index (χ2n) is 10.1. The van der Waals surface area contributed by atoms with Crippen LogP contribution in [0.5, 0.6) is 5.75 Å². The quantitative estimate of drug-likeness (QED) is 0.444. The van der Waals surface area contributed by atoms with Gasteiger partial charge in [-0.2, -0.15) is 0 Å². The average molecular weight is 510 g/mol. The van der Waals surface area contributed by atoms with E-state index in [2.05, 4.69) is 10.6 Å². The van der Waals surface area contributed by atoms with Crippen molar-refractivity contribution >= 4 is 29.5 Å². The first-order valence-corrected chi connectivity index (χ1v) is 12.9. The summed E-state index contributed by atoms with van der Waals surface area (Å²) in [6.07, 6.45) is 3.38. The second-order valence-corrected chi connectivity index (χ2v) is 10.1. The molecule has 1 fully saturated rings. The highest BCUT2D eigenvalue weighted by Crippen LogP contribution is 2.30. The third kappa shape index (κ3) is 7.62. The number of carbonyl (C=O) groups excluding carboxylic acids is 2. The summed E-state index contributed by atoms with van der Waals surface area (Å²) in [6.45, 7) is 4.89. The Bertz CT molecular complexity index is 1130. The SMILES string of the molecule is CC(C)Oc1cccc(NC(=O)Nc2ccc3c(c2)CCN(C(=O)O[C@H]2CC[C@H](CC(=O)O)CC2)C3)c1. The first-order valence-electron chi connectivity index (χ1n) is 12.9. The summed E-state index contributed by atoms with van der Waals surface area (Å²) in [4.78, 5) is 37.9. The van der Waals surface area contributed by atoms with Crippen molar-refractivity contribution in [2.45, 2.75) is 71.1 Å². The number of carboxylic acids is 1. The van der Waals surface area contributed by atoms with E-state index in [-0.39, 0.29) is 36.7 Å². The van der Waals surface area contributed by atoms with E-state index in [0.29, 0.717) is 49.5 Å². The average Bonchev–Trinajstić information content (AvgIpc) is 2.84. The third-order valence-corrected chi connectivity index (χ3v) is 6.72. The fourth-order valence-corrected chi connectivity index (χ4v) is 4.92. The Morgan fingerprint density at radius 3 is 2.43 bits per heavy atom. The Hall–Kier alpha value is -3.75. The number of ether oxygens (including phenoxy) is 2. The molecule has 1 aliphatic carbocycles. The number of carboxylic acid groups (broad SMARTS) is 1. The van der Waals surface area contributed by atoms with E-state index in [1.165, 1.54) is 0 Å². The minimum absolute atomic E-state index is 0.0443. The summed E-state index contributed by atoms with van der Waals surface area (Å²) >= 11 is 0. The molecule has 0 aromatic heterocycles. The lowest BCUT2D eigenvalue weighted by Crippen LogP contribution is -2.39. The summed E-state index contributed by atoms with van der Waals surface area (Å²) in [7, 11) is 0. The van der Waals surface area contributed by atoms with Crippen molar-refractivity contribution in [1.82, 2.24) is 4.90 Å². The van der Waals surface area contributed by atoms with Crippen molar-refractivity contribution in [1.29, 1.82) is 0 Å². The number of carbonyl (C=O) groups is 3. The molecule has 2 aliphatic rings. The lowest BCUT2D eigenvalue weighted by Gasteiger charge is -2.32. The third-order valence-electron chi connectivity index (χ3n) is 6.72. The zero-order valence-corrected chi connectivity index (χ0v) is 21.4. The van der Waals surface area contributed by atoms with Crippen LogP contribution in [0.25, 0.3) is 0 Å². The minimum atomic E-state index is -0.770. The van der Waals surface area contributed by atoms with Crippen LogP contribution >= 0.6 is 0 Å². The van der Waals surface area contributed by atoms with Gasteiger partial charge in [-0.25, -0.2) is 9.59 Å². The van der Waals surface area contributed by atoms with E-state index < -0.39 is 5.97 Å². The molecule has 0 radical (unpaired) electrons. The van der Waals surface area contributed by atoms with Gasteiger partial charge in [-0.1, -0.05) is 12.1 Å². The number of hydrogen-bond donors (Lipinski definition) is 3. The van der Waals surface area contributed by atoms with Gasteiger partial charge in [0.2, 0.25) is 0 Å². The molecule has 0 atom stereocenters. The number of anilines is 2. The lowest BCUT2D eigenvalue weighted by molar-refractivity contribution is -0.138. The van der Waals surface area contributed by atoms with Crippen LogP contribution in [0.2, 0.25) is 0 Å². The van der Waals surface area contributed by atoms with Gasteiger partial charge in [-0.05, 0) is 87.3 Å². The molecule has 0 bridgehead atoms. The molecule has 0 unspecified atom stereocenters. The van der Waals surface area contributed by atoms with Crippen LogP contribution in [0.3, 0.4) is 0 Å². The van der Waals surface area contributed by atoms with Gasteiger partial charge in [0.1, 0.15) is 11.9 Å². The number of rotatable bonds is 7. The molecule has 0 spiro atoms. The van der Waals surface area contributed by atoms with E-state index in [0.717, 1.165) is 24.0 Å². The Balaban J connectivity index is 1.27. The van der Waals surface area contributed by atoms with E-state index in [4.69, 9.17) is 14.6 Å². The highest BCUT2D eigenvalue weighted by Gasteiger charge is 2.28. The summed E-state index contributed by atoms with van der Waals surface area (Å²) in [5, 5.41) is 14.7. The Morgan fingerprint density at radius 2 is 1.73 bits per heavy atom. The molecule has 3 N–H and O–H groups in total. The molecule has 2 aromatic carbocycles. The molecule has 9 nitrogen and oxygen atoms in total. The number of nitrogens with zero attached hydrogens (tertiary/aromatic N) is 1. The standard InChI is InChI=1S/C28H35N3O6/c1-18(2)36-25-5-3-4-22(16-25)29-27(34)30-23-9-8-21-17-31(13-12-20(21)15-23)28(35)37-24-10-6-19(7-11-24)14-26(32)33/h3-5,8-9,15-16,18-19,24H,6-7,10-14,17H2,1-2H3,(H,32,33)(H2,29,30,34)/t19-,24-. The number of fused-ring (bicyclic) bond motifs is 1. The van der Waals surface area contributed by atoms with Gasteiger partial charge in [0.25, 0.3) is 0 Å². The van der Waals surface area contributed by atoms with Crippen LogP contribution in [0, 0.1) is 5.92 Å². The molecule has 3 amide bonds. The van der Waals surface area contributed by atoms with E-state index >= 15 is 0 Å². The molecule has 4 rings (SSSR count). The first-order chi connectivity index (χ1) is 17.7. The Labute approximate surface area is 217 Å². The molecular weight excluding hydrogens is 474 g/mol. The lowest BCUT2D eigenvalue weighted by atomic mass is 9.85. The van der Waals surface area contributed by atoms with Crippen molar-refractivity contribution in [2.75, 3.05) is 17.2 Å². The molecule has 198 valence electrons. The molecule has 0 saturated heterocycles. The molecule has 2 aromatic rings. The van der Waals surface area contributed by atoms with Crippen LogP contribution in [0.1, 0.15) is 57.1 Å². The second kappa shape index (κ2) is 12.0. The fraction of sp³-hybridized carbons (Fsp3) is 0.464. The van der Waals surface area contributed by atoms with Crippen molar-refractivity contribution in [3.63, 3.8) is 0 Å². The van der Waals surface area contributed by atoms with Crippen molar-refractivity contribution < 1.29 is 29.0 Å². The van der Waals surface area contributed by atoms with Gasteiger partial charge in [0.15, 0.2) is 0 Å². The number of nitrogens with one attached hydrogen (secondary N) is 2. The van der Waals surface area contributed by atoms with Crippen LogP contribution < -0.4 is 15.4 Å². The number of amides is 3. The molecule has 9 heteroatoms. The van der Waals surface area contributed by atoms with Gasteiger partial charge < -0.3 is 30.1 Å². The predicted molar refractivity (Wildman–Crippen MR) is 140 cm³/mol. The Kier molecular flexibility index (Phi) is 8.53. The molecular formula is C28H35N3O6. The monoisotopic (exact) mass is 509 g/mol. The number of hydrogen-bond acceptors (Lipinski definition) is 5. The predicted octanol–water partition coefficient (Wildman–Crippen LogP) is 5.65. The maximum Gasteiger partial charge on any atom is 0.410 e. The largest absolute Gasteiger partial charge is 0.491 e. The van der Waals surface area contributed by atoms with Crippen LogP contribution in [0.15, 0.2) is 42.5 Å². The van der Waals surface area contributed by atoms with Gasteiger partial charge >= 0.3 is 18.1 Å². The van der Waals surface area contributed by atoms with Crippen molar-refractivity contribution in [3.05, 3.63) is 53.6 Å². The molecule has 1 saturated carbocycles. The number of benzene rings is 2. The maximum atomic E-state index is 12.7. The van der Waals surface area contributed by atoms with Gasteiger partial charge in [-0.15, -0.1) is 0 Å². The minimum Gasteiger partial charge on any atom is -0.491 e. The van der Waals surface area contributed by atoms with Gasteiger partial charge in [0.05, 0.1) is 6.10 Å². The van der Waals surface area contributed by atoms with Crippen molar-refractivity contribution in [3.8, 4) is 5.75 Å². The summed E-state index contributed by atoms with van der Waals surface area (Å²) < 4.78 is 11.4. The molecule has 37 heavy (non-hydrogen) atoms. The zero-order valence-electron chi connectivity index (χ0n) is 21.4. The van der Waals surface area contributed by atoms with Crippen LogP contribution in [-0.2, 0) is 22.5 Å². The summed E-state index contributed by atoms with van der Waals surface area (Å²) in [6, 6.07) is 12.6. The first kappa shape index (κ1) is 26.3. The van der Waals surface area contributed by atoms with E-state index in [1.54, 1.807) is 17.0 Å². The summed E-state index contributed by atoms with van der Waals surface area (Å²) in [5.74, 6) is 0.0900. The fourth-order valence-electron chi connectivity index (χ4n) is 4.92. The van der Waals surface area contributed by atoms with Gasteiger partial charge in [0, 0.05) is 37.0 Å². The van der Waals surface area contributed by atoms with Gasteiger partial charge in [-0.3, -0.25) is 4.79 Å². The van der Waals surface area contributed by atoms with Crippen LogP contribution in [-0.4, -0.2) is 46.9 Å². The van der Waals surface area contributed by atoms with E-state index in [1.807, 2.05) is 44.2 Å². The number of urea groups is 1. The van der Waals surface area contributed by atoms with E-state index in [9.17, 15) is 14.4 Å². The normalized spacial score (nSPS) is 19.1. The molecule has 1 aliphatic heterocycles. The maximum absolute atomic E-state index is 12.7. The topological polar surface area (TPSA) is 117 Å².